The molecule has 0 bridgehead atoms. The van der Waals surface area contributed by atoms with Crippen LogP contribution in [-0.2, 0) is 4.79 Å². The Bertz CT molecular complexity index is 921. The second kappa shape index (κ2) is 6.84. The monoisotopic (exact) mass is 398 g/mol. The van der Waals surface area contributed by atoms with E-state index in [9.17, 15) is 4.79 Å². The zero-order valence-corrected chi connectivity index (χ0v) is 15.9. The zero-order valence-electron chi connectivity index (χ0n) is 14.3. The SMILES string of the molecule is Cc1ccc2c(NC(=O)C(C)(C)Oc3ccc(Br)cc3)cccc2n1. The minimum atomic E-state index is -1.02. The first-order valence-corrected chi connectivity index (χ1v) is 8.77. The van der Waals surface area contributed by atoms with Gasteiger partial charge >= 0.3 is 0 Å². The highest BCUT2D eigenvalue weighted by molar-refractivity contribution is 9.10. The van der Waals surface area contributed by atoms with Gasteiger partial charge in [-0.15, -0.1) is 0 Å². The number of nitrogens with one attached hydrogen (secondary N) is 1. The molecule has 0 saturated carbocycles. The smallest absolute Gasteiger partial charge is 0.267 e. The highest BCUT2D eigenvalue weighted by atomic mass is 79.9. The topological polar surface area (TPSA) is 51.2 Å². The Kier molecular flexibility index (Phi) is 4.77. The average Bonchev–Trinajstić information content (AvgIpc) is 2.56. The molecule has 128 valence electrons. The first-order valence-electron chi connectivity index (χ1n) is 7.97. The van der Waals surface area contributed by atoms with Crippen molar-refractivity contribution in [3.8, 4) is 5.75 Å². The van der Waals surface area contributed by atoms with Crippen molar-refractivity contribution in [3.63, 3.8) is 0 Å². The van der Waals surface area contributed by atoms with E-state index < -0.39 is 5.60 Å². The van der Waals surface area contributed by atoms with Crippen molar-refractivity contribution in [2.24, 2.45) is 0 Å². The average molecular weight is 399 g/mol. The van der Waals surface area contributed by atoms with E-state index in [-0.39, 0.29) is 5.91 Å². The molecule has 1 heterocycles. The number of fused-ring (bicyclic) bond motifs is 1. The Hall–Kier alpha value is -2.40. The lowest BCUT2D eigenvalue weighted by atomic mass is 10.1. The van der Waals surface area contributed by atoms with Crippen LogP contribution >= 0.6 is 15.9 Å². The van der Waals surface area contributed by atoms with Gasteiger partial charge in [0.1, 0.15) is 5.75 Å². The molecule has 1 amide bonds. The number of pyridine rings is 1. The zero-order chi connectivity index (χ0) is 18.0. The number of halogens is 1. The lowest BCUT2D eigenvalue weighted by Crippen LogP contribution is -2.42. The van der Waals surface area contributed by atoms with Crippen LogP contribution in [0.2, 0.25) is 0 Å². The van der Waals surface area contributed by atoms with E-state index in [1.165, 1.54) is 0 Å². The van der Waals surface area contributed by atoms with E-state index in [1.54, 1.807) is 13.8 Å². The summed E-state index contributed by atoms with van der Waals surface area (Å²) in [5.41, 5.74) is 1.50. The number of benzene rings is 2. The fraction of sp³-hybridized carbons (Fsp3) is 0.200. The largest absolute Gasteiger partial charge is 0.478 e. The summed E-state index contributed by atoms with van der Waals surface area (Å²) in [6.07, 6.45) is 0. The molecule has 1 N–H and O–H groups in total. The third-order valence-electron chi connectivity index (χ3n) is 3.85. The second-order valence-electron chi connectivity index (χ2n) is 6.35. The van der Waals surface area contributed by atoms with E-state index in [4.69, 9.17) is 4.74 Å². The van der Waals surface area contributed by atoms with E-state index in [1.807, 2.05) is 61.5 Å². The lowest BCUT2D eigenvalue weighted by molar-refractivity contribution is -0.128. The van der Waals surface area contributed by atoms with Crippen molar-refractivity contribution in [1.29, 1.82) is 0 Å². The highest BCUT2D eigenvalue weighted by Crippen LogP contribution is 2.25. The molecule has 3 rings (SSSR count). The molecular weight excluding hydrogens is 380 g/mol. The van der Waals surface area contributed by atoms with Gasteiger partial charge in [-0.05, 0) is 69.3 Å². The molecule has 5 heteroatoms. The number of rotatable bonds is 4. The summed E-state index contributed by atoms with van der Waals surface area (Å²) < 4.78 is 6.83. The number of hydrogen-bond acceptors (Lipinski definition) is 3. The number of nitrogens with zero attached hydrogens (tertiary/aromatic N) is 1. The maximum absolute atomic E-state index is 12.8. The molecular formula is C20H19BrN2O2. The highest BCUT2D eigenvalue weighted by Gasteiger charge is 2.30. The van der Waals surface area contributed by atoms with E-state index in [0.29, 0.717) is 5.75 Å². The number of aromatic nitrogens is 1. The summed E-state index contributed by atoms with van der Waals surface area (Å²) in [7, 11) is 0. The van der Waals surface area contributed by atoms with Crippen molar-refractivity contribution in [1.82, 2.24) is 4.98 Å². The van der Waals surface area contributed by atoms with Crippen molar-refractivity contribution >= 4 is 38.4 Å². The molecule has 0 aliphatic heterocycles. The third kappa shape index (κ3) is 3.99. The second-order valence-corrected chi connectivity index (χ2v) is 7.26. The first kappa shape index (κ1) is 17.4. The van der Waals surface area contributed by atoms with Crippen LogP contribution in [0.4, 0.5) is 5.69 Å². The predicted molar refractivity (Wildman–Crippen MR) is 104 cm³/mol. The maximum Gasteiger partial charge on any atom is 0.267 e. The fourth-order valence-electron chi connectivity index (χ4n) is 2.48. The fourth-order valence-corrected chi connectivity index (χ4v) is 2.75. The molecule has 0 aliphatic carbocycles. The number of ether oxygens (including phenoxy) is 1. The number of aryl methyl sites for hydroxylation is 1. The number of amides is 1. The van der Waals surface area contributed by atoms with Gasteiger partial charge in [-0.3, -0.25) is 9.78 Å². The maximum atomic E-state index is 12.8. The quantitative estimate of drug-likeness (QED) is 0.664. The Labute approximate surface area is 155 Å². The van der Waals surface area contributed by atoms with Crippen molar-refractivity contribution in [2.75, 3.05) is 5.32 Å². The van der Waals surface area contributed by atoms with E-state index in [0.717, 1.165) is 26.8 Å². The van der Waals surface area contributed by atoms with Gasteiger partial charge in [-0.25, -0.2) is 0 Å². The standard InChI is InChI=1S/C20H19BrN2O2/c1-13-7-12-16-17(22-13)5-4-6-18(16)23-19(24)20(2,3)25-15-10-8-14(21)9-11-15/h4-12H,1-3H3,(H,23,24). The summed E-state index contributed by atoms with van der Waals surface area (Å²) in [5.74, 6) is 0.419. The van der Waals surface area contributed by atoms with Gasteiger partial charge in [0.25, 0.3) is 5.91 Å². The first-order chi connectivity index (χ1) is 11.8. The summed E-state index contributed by atoms with van der Waals surface area (Å²) in [4.78, 5) is 17.2. The third-order valence-corrected chi connectivity index (χ3v) is 4.38. The van der Waals surface area contributed by atoms with Gasteiger partial charge in [0, 0.05) is 15.6 Å². The van der Waals surface area contributed by atoms with Crippen LogP contribution in [0.15, 0.2) is 59.1 Å². The van der Waals surface area contributed by atoms with E-state index >= 15 is 0 Å². The lowest BCUT2D eigenvalue weighted by Gasteiger charge is -2.25. The molecule has 25 heavy (non-hydrogen) atoms. The number of anilines is 1. The summed E-state index contributed by atoms with van der Waals surface area (Å²) in [6, 6.07) is 17.0. The van der Waals surface area contributed by atoms with Crippen molar-refractivity contribution < 1.29 is 9.53 Å². The summed E-state index contributed by atoms with van der Waals surface area (Å²) in [6.45, 7) is 5.44. The Morgan fingerprint density at radius 1 is 1.08 bits per heavy atom. The Morgan fingerprint density at radius 2 is 1.80 bits per heavy atom. The van der Waals surface area contributed by atoms with Crippen LogP contribution in [0.1, 0.15) is 19.5 Å². The molecule has 0 unspecified atom stereocenters. The van der Waals surface area contributed by atoms with Crippen LogP contribution in [0.3, 0.4) is 0 Å². The Morgan fingerprint density at radius 3 is 2.52 bits per heavy atom. The van der Waals surface area contributed by atoms with Crippen LogP contribution in [0.5, 0.6) is 5.75 Å². The van der Waals surface area contributed by atoms with Gasteiger partial charge in [0.2, 0.25) is 0 Å². The molecule has 2 aromatic carbocycles. The van der Waals surface area contributed by atoms with Crippen molar-refractivity contribution in [3.05, 3.63) is 64.8 Å². The van der Waals surface area contributed by atoms with Gasteiger partial charge in [0.15, 0.2) is 5.60 Å². The molecule has 0 spiro atoms. The Balaban J connectivity index is 1.82. The molecule has 0 saturated heterocycles. The van der Waals surface area contributed by atoms with E-state index in [2.05, 4.69) is 26.2 Å². The van der Waals surface area contributed by atoms with Crippen molar-refractivity contribution in [2.45, 2.75) is 26.4 Å². The van der Waals surface area contributed by atoms with Crippen LogP contribution < -0.4 is 10.1 Å². The minimum Gasteiger partial charge on any atom is -0.478 e. The number of carbonyl (C=O) groups is 1. The molecule has 0 aliphatic rings. The number of hydrogen-bond donors (Lipinski definition) is 1. The predicted octanol–water partition coefficient (Wildman–Crippen LogP) is 5.10. The molecule has 4 nitrogen and oxygen atoms in total. The summed E-state index contributed by atoms with van der Waals surface area (Å²) in [5, 5.41) is 3.87. The van der Waals surface area contributed by atoms with Gasteiger partial charge in [0.05, 0.1) is 11.2 Å². The minimum absolute atomic E-state index is 0.219. The van der Waals surface area contributed by atoms with Gasteiger partial charge in [-0.2, -0.15) is 0 Å². The normalized spacial score (nSPS) is 11.4. The molecule has 0 fully saturated rings. The van der Waals surface area contributed by atoms with Gasteiger partial charge in [-0.1, -0.05) is 22.0 Å². The van der Waals surface area contributed by atoms with Crippen LogP contribution in [0.25, 0.3) is 10.9 Å². The molecule has 1 aromatic heterocycles. The molecule has 3 aromatic rings. The number of carbonyl (C=O) groups excluding carboxylic acids is 1. The van der Waals surface area contributed by atoms with Gasteiger partial charge < -0.3 is 10.1 Å². The van der Waals surface area contributed by atoms with Crippen LogP contribution in [-0.4, -0.2) is 16.5 Å². The molecule has 0 radical (unpaired) electrons. The summed E-state index contributed by atoms with van der Waals surface area (Å²) >= 11 is 3.39. The molecule has 0 atom stereocenters. The van der Waals surface area contributed by atoms with Crippen LogP contribution in [0, 0.1) is 6.92 Å².